The lowest BCUT2D eigenvalue weighted by atomic mass is 10.2. The van der Waals surface area contributed by atoms with Crippen molar-refractivity contribution in [2.24, 2.45) is 5.92 Å². The lowest BCUT2D eigenvalue weighted by molar-refractivity contribution is -0.113. The van der Waals surface area contributed by atoms with E-state index in [-0.39, 0.29) is 17.5 Å². The SMILES string of the molecule is Cc1cccc2sc(NC(=O)CSc3nnc(C(C)Oc4ccc(F)cc4)n3CC(C)C)nc12. The molecule has 0 aliphatic carbocycles. The molecule has 2 heterocycles. The highest BCUT2D eigenvalue weighted by atomic mass is 32.2. The zero-order chi connectivity index (χ0) is 24.2. The molecular weight excluding hydrogens is 473 g/mol. The van der Waals surface area contributed by atoms with Gasteiger partial charge in [0.2, 0.25) is 5.91 Å². The summed E-state index contributed by atoms with van der Waals surface area (Å²) >= 11 is 2.78. The Morgan fingerprint density at radius 3 is 2.65 bits per heavy atom. The van der Waals surface area contributed by atoms with Gasteiger partial charge in [0.05, 0.1) is 16.0 Å². The summed E-state index contributed by atoms with van der Waals surface area (Å²) in [5.74, 6) is 1.25. The van der Waals surface area contributed by atoms with E-state index in [1.807, 2.05) is 36.6 Å². The Hall–Kier alpha value is -2.98. The minimum absolute atomic E-state index is 0.155. The van der Waals surface area contributed by atoms with Gasteiger partial charge in [0.15, 0.2) is 22.2 Å². The number of para-hydroxylation sites is 1. The molecule has 1 amide bonds. The first-order valence-electron chi connectivity index (χ1n) is 10.9. The number of nitrogens with one attached hydrogen (secondary N) is 1. The van der Waals surface area contributed by atoms with Gasteiger partial charge >= 0.3 is 0 Å². The van der Waals surface area contributed by atoms with Crippen LogP contribution in [0.4, 0.5) is 9.52 Å². The molecule has 34 heavy (non-hydrogen) atoms. The molecular formula is C24H26FN5O2S2. The van der Waals surface area contributed by atoms with Crippen molar-refractivity contribution in [3.05, 3.63) is 59.7 Å². The van der Waals surface area contributed by atoms with E-state index in [4.69, 9.17) is 4.74 Å². The molecule has 10 heteroatoms. The van der Waals surface area contributed by atoms with Crippen LogP contribution in [-0.2, 0) is 11.3 Å². The fraction of sp³-hybridized carbons (Fsp3) is 0.333. The monoisotopic (exact) mass is 499 g/mol. The molecule has 2 aromatic heterocycles. The number of fused-ring (bicyclic) bond motifs is 1. The van der Waals surface area contributed by atoms with E-state index >= 15 is 0 Å². The summed E-state index contributed by atoms with van der Waals surface area (Å²) in [5.41, 5.74) is 1.99. The van der Waals surface area contributed by atoms with E-state index in [1.165, 1.54) is 35.2 Å². The van der Waals surface area contributed by atoms with Crippen LogP contribution in [0.5, 0.6) is 5.75 Å². The molecule has 1 atom stereocenters. The van der Waals surface area contributed by atoms with Crippen molar-refractivity contribution in [3.63, 3.8) is 0 Å². The van der Waals surface area contributed by atoms with Gasteiger partial charge in [-0.15, -0.1) is 10.2 Å². The Bertz CT molecular complexity index is 1290. The predicted molar refractivity (Wildman–Crippen MR) is 134 cm³/mol. The Labute approximate surface area is 205 Å². The minimum atomic E-state index is -0.397. The average molecular weight is 500 g/mol. The van der Waals surface area contributed by atoms with Crippen molar-refractivity contribution >= 4 is 44.4 Å². The van der Waals surface area contributed by atoms with Gasteiger partial charge in [0, 0.05) is 6.54 Å². The average Bonchev–Trinajstić information content (AvgIpc) is 3.38. The van der Waals surface area contributed by atoms with Crippen LogP contribution in [-0.4, -0.2) is 31.4 Å². The summed E-state index contributed by atoms with van der Waals surface area (Å²) in [6, 6.07) is 11.9. The van der Waals surface area contributed by atoms with E-state index in [0.717, 1.165) is 15.8 Å². The minimum Gasteiger partial charge on any atom is -0.483 e. The zero-order valence-corrected chi connectivity index (χ0v) is 21.0. The molecule has 1 N–H and O–H groups in total. The molecule has 0 spiro atoms. The third kappa shape index (κ3) is 5.74. The van der Waals surface area contributed by atoms with E-state index in [2.05, 4.69) is 34.3 Å². The van der Waals surface area contributed by atoms with Gasteiger partial charge in [-0.2, -0.15) is 0 Å². The molecule has 4 rings (SSSR count). The molecule has 0 radical (unpaired) electrons. The number of carbonyl (C=O) groups is 1. The van der Waals surface area contributed by atoms with E-state index in [0.29, 0.717) is 34.3 Å². The molecule has 1 unspecified atom stereocenters. The number of nitrogens with zero attached hydrogens (tertiary/aromatic N) is 4. The van der Waals surface area contributed by atoms with Crippen LogP contribution in [0.15, 0.2) is 47.6 Å². The third-order valence-corrected chi connectivity index (χ3v) is 6.89. The van der Waals surface area contributed by atoms with E-state index in [9.17, 15) is 9.18 Å². The van der Waals surface area contributed by atoms with Crippen molar-refractivity contribution in [2.75, 3.05) is 11.1 Å². The molecule has 178 valence electrons. The Kier molecular flexibility index (Phi) is 7.47. The quantitative estimate of drug-likeness (QED) is 0.290. The second-order valence-electron chi connectivity index (χ2n) is 8.34. The standard InChI is InChI=1S/C24H26FN5O2S2/c1-14(2)12-30-22(16(4)32-18-10-8-17(25)9-11-18)28-29-24(30)33-13-20(31)26-23-27-21-15(3)6-5-7-19(21)34-23/h5-11,14,16H,12-13H2,1-4H3,(H,26,27,31). The van der Waals surface area contributed by atoms with Gasteiger partial charge in [0.25, 0.3) is 0 Å². The first-order chi connectivity index (χ1) is 16.3. The largest absolute Gasteiger partial charge is 0.483 e. The number of thiazole rings is 1. The topological polar surface area (TPSA) is 81.9 Å². The second-order valence-corrected chi connectivity index (χ2v) is 10.3. The number of halogens is 1. The molecule has 0 saturated carbocycles. The maximum absolute atomic E-state index is 13.2. The smallest absolute Gasteiger partial charge is 0.236 e. The number of amides is 1. The first-order valence-corrected chi connectivity index (χ1v) is 12.7. The number of anilines is 1. The van der Waals surface area contributed by atoms with Crippen molar-refractivity contribution in [2.45, 2.75) is 45.5 Å². The van der Waals surface area contributed by atoms with Crippen LogP contribution >= 0.6 is 23.1 Å². The fourth-order valence-corrected chi connectivity index (χ4v) is 5.15. The molecule has 0 fully saturated rings. The summed E-state index contributed by atoms with van der Waals surface area (Å²) < 4.78 is 22.2. The van der Waals surface area contributed by atoms with Gasteiger partial charge in [-0.25, -0.2) is 9.37 Å². The number of hydrogen-bond acceptors (Lipinski definition) is 7. The number of aromatic nitrogens is 4. The number of benzene rings is 2. The highest BCUT2D eigenvalue weighted by Crippen LogP contribution is 2.29. The summed E-state index contributed by atoms with van der Waals surface area (Å²) in [7, 11) is 0. The van der Waals surface area contributed by atoms with Gasteiger partial charge in [0.1, 0.15) is 11.6 Å². The van der Waals surface area contributed by atoms with Crippen molar-refractivity contribution in [1.29, 1.82) is 0 Å². The first kappa shape index (κ1) is 24.2. The molecule has 7 nitrogen and oxygen atoms in total. The normalized spacial score (nSPS) is 12.3. The Balaban J connectivity index is 1.44. The number of carbonyl (C=O) groups excluding carboxylic acids is 1. The lowest BCUT2D eigenvalue weighted by Gasteiger charge is -2.17. The van der Waals surface area contributed by atoms with Crippen LogP contribution < -0.4 is 10.1 Å². The number of hydrogen-bond donors (Lipinski definition) is 1. The summed E-state index contributed by atoms with van der Waals surface area (Å²) in [6.45, 7) is 8.77. The van der Waals surface area contributed by atoms with Crippen LogP contribution in [0.3, 0.4) is 0 Å². The molecule has 0 aliphatic rings. The maximum Gasteiger partial charge on any atom is 0.236 e. The fourth-order valence-electron chi connectivity index (χ4n) is 3.44. The Morgan fingerprint density at radius 1 is 1.18 bits per heavy atom. The van der Waals surface area contributed by atoms with Gasteiger partial charge in [-0.05, 0) is 55.7 Å². The van der Waals surface area contributed by atoms with E-state index < -0.39 is 6.10 Å². The van der Waals surface area contributed by atoms with Crippen molar-refractivity contribution < 1.29 is 13.9 Å². The highest BCUT2D eigenvalue weighted by Gasteiger charge is 2.21. The zero-order valence-electron chi connectivity index (χ0n) is 19.4. The molecule has 0 aliphatic heterocycles. The molecule has 2 aromatic carbocycles. The van der Waals surface area contributed by atoms with Gasteiger partial charge < -0.3 is 14.6 Å². The predicted octanol–water partition coefficient (Wildman–Crippen LogP) is 5.86. The summed E-state index contributed by atoms with van der Waals surface area (Å²) in [6.07, 6.45) is -0.397. The molecule has 0 saturated heterocycles. The van der Waals surface area contributed by atoms with Crippen molar-refractivity contribution in [3.8, 4) is 5.75 Å². The van der Waals surface area contributed by atoms with Gasteiger partial charge in [-0.3, -0.25) is 4.79 Å². The third-order valence-electron chi connectivity index (χ3n) is 4.98. The number of rotatable bonds is 9. The summed E-state index contributed by atoms with van der Waals surface area (Å²) in [5, 5.41) is 12.8. The number of ether oxygens (including phenoxy) is 1. The second kappa shape index (κ2) is 10.5. The number of aryl methyl sites for hydroxylation is 1. The highest BCUT2D eigenvalue weighted by molar-refractivity contribution is 7.99. The summed E-state index contributed by atoms with van der Waals surface area (Å²) in [4.78, 5) is 17.2. The van der Waals surface area contributed by atoms with Gasteiger partial charge in [-0.1, -0.05) is 49.1 Å². The van der Waals surface area contributed by atoms with Crippen molar-refractivity contribution in [1.82, 2.24) is 19.7 Å². The molecule has 0 bridgehead atoms. The van der Waals surface area contributed by atoms with E-state index in [1.54, 1.807) is 12.1 Å². The maximum atomic E-state index is 13.2. The Morgan fingerprint density at radius 2 is 1.94 bits per heavy atom. The number of thioether (sulfide) groups is 1. The van der Waals surface area contributed by atoms with Crippen LogP contribution in [0, 0.1) is 18.7 Å². The molecule has 4 aromatic rings. The lowest BCUT2D eigenvalue weighted by Crippen LogP contribution is -2.17. The van der Waals surface area contributed by atoms with Crippen LogP contribution in [0.25, 0.3) is 10.2 Å². The van der Waals surface area contributed by atoms with Crippen LogP contribution in [0.1, 0.15) is 38.3 Å². The van der Waals surface area contributed by atoms with Crippen LogP contribution in [0.2, 0.25) is 0 Å².